The third-order valence-electron chi connectivity index (χ3n) is 3.64. The van der Waals surface area contributed by atoms with Gasteiger partial charge in [-0.15, -0.1) is 0 Å². The molecular formula is C17H23NO. The molecule has 1 aromatic heterocycles. The molecule has 19 heavy (non-hydrogen) atoms. The average molecular weight is 257 g/mol. The molecule has 0 radical (unpaired) electrons. The van der Waals surface area contributed by atoms with E-state index in [2.05, 4.69) is 52.1 Å². The van der Waals surface area contributed by atoms with Gasteiger partial charge in [-0.2, -0.15) is 0 Å². The van der Waals surface area contributed by atoms with Gasteiger partial charge in [0.05, 0.1) is 12.3 Å². The number of benzene rings is 1. The average Bonchev–Trinajstić information content (AvgIpc) is 2.80. The number of hydrogen-bond donors (Lipinski definition) is 1. The fourth-order valence-electron chi connectivity index (χ4n) is 2.95. The lowest BCUT2D eigenvalue weighted by Crippen LogP contribution is -2.23. The van der Waals surface area contributed by atoms with Crippen molar-refractivity contribution in [3.05, 3.63) is 58.5 Å². The molecule has 1 unspecified atom stereocenters. The Kier molecular flexibility index (Phi) is 4.11. The maximum Gasteiger partial charge on any atom is 0.120 e. The van der Waals surface area contributed by atoms with Crippen LogP contribution in [0.15, 0.2) is 34.9 Å². The lowest BCUT2D eigenvalue weighted by Gasteiger charge is -2.23. The van der Waals surface area contributed by atoms with Crippen LogP contribution in [-0.2, 0) is 0 Å². The molecule has 2 aromatic rings. The lowest BCUT2D eigenvalue weighted by molar-refractivity contribution is 0.402. The summed E-state index contributed by atoms with van der Waals surface area (Å²) in [5, 5.41) is 3.61. The minimum absolute atomic E-state index is 0.213. The first-order chi connectivity index (χ1) is 8.99. The maximum atomic E-state index is 5.45. The zero-order chi connectivity index (χ0) is 14.0. The topological polar surface area (TPSA) is 25.2 Å². The Bertz CT molecular complexity index is 519. The summed E-state index contributed by atoms with van der Waals surface area (Å²) in [6.07, 6.45) is 1.72. The SMILES string of the molecule is Cc1cc(C)c(C(C)N[C@@H](C)c2ccco2)c(C)c1. The van der Waals surface area contributed by atoms with Gasteiger partial charge in [0, 0.05) is 6.04 Å². The van der Waals surface area contributed by atoms with Gasteiger partial charge in [0.1, 0.15) is 5.76 Å². The Morgan fingerprint density at radius 1 is 1.00 bits per heavy atom. The van der Waals surface area contributed by atoms with Crippen LogP contribution in [0.2, 0.25) is 0 Å². The van der Waals surface area contributed by atoms with E-state index in [1.165, 1.54) is 22.3 Å². The maximum absolute atomic E-state index is 5.45. The van der Waals surface area contributed by atoms with E-state index in [1.54, 1.807) is 6.26 Å². The van der Waals surface area contributed by atoms with E-state index >= 15 is 0 Å². The highest BCUT2D eigenvalue weighted by atomic mass is 16.3. The Labute approximate surface area is 115 Å². The largest absolute Gasteiger partial charge is 0.468 e. The molecule has 1 aromatic carbocycles. The zero-order valence-corrected chi connectivity index (χ0v) is 12.4. The van der Waals surface area contributed by atoms with Gasteiger partial charge in [-0.1, -0.05) is 17.7 Å². The Balaban J connectivity index is 2.18. The highest BCUT2D eigenvalue weighted by Gasteiger charge is 2.16. The van der Waals surface area contributed by atoms with Crippen LogP contribution in [0.3, 0.4) is 0 Å². The second-order valence-corrected chi connectivity index (χ2v) is 5.44. The Morgan fingerprint density at radius 3 is 2.16 bits per heavy atom. The molecule has 2 atom stereocenters. The van der Waals surface area contributed by atoms with Crippen molar-refractivity contribution in [1.82, 2.24) is 5.32 Å². The van der Waals surface area contributed by atoms with Crippen LogP contribution in [0.4, 0.5) is 0 Å². The molecule has 2 nitrogen and oxygen atoms in total. The summed E-state index contributed by atoms with van der Waals surface area (Å²) in [5.74, 6) is 0.981. The van der Waals surface area contributed by atoms with E-state index in [0.29, 0.717) is 6.04 Å². The number of nitrogens with one attached hydrogen (secondary N) is 1. The predicted molar refractivity (Wildman–Crippen MR) is 79.3 cm³/mol. The van der Waals surface area contributed by atoms with Crippen LogP contribution >= 0.6 is 0 Å². The molecule has 0 fully saturated rings. The molecule has 1 N–H and O–H groups in total. The molecule has 0 bridgehead atoms. The Hall–Kier alpha value is -1.54. The zero-order valence-electron chi connectivity index (χ0n) is 12.4. The first kappa shape index (κ1) is 13.9. The smallest absolute Gasteiger partial charge is 0.120 e. The van der Waals surface area contributed by atoms with E-state index in [1.807, 2.05) is 12.1 Å². The highest BCUT2D eigenvalue weighted by Crippen LogP contribution is 2.26. The number of furan rings is 1. The van der Waals surface area contributed by atoms with Gasteiger partial charge in [-0.25, -0.2) is 0 Å². The second kappa shape index (κ2) is 5.62. The van der Waals surface area contributed by atoms with Crippen molar-refractivity contribution in [3.8, 4) is 0 Å². The lowest BCUT2D eigenvalue weighted by atomic mass is 9.94. The second-order valence-electron chi connectivity index (χ2n) is 5.44. The third-order valence-corrected chi connectivity index (χ3v) is 3.64. The molecule has 0 amide bonds. The first-order valence-electron chi connectivity index (χ1n) is 6.86. The summed E-state index contributed by atoms with van der Waals surface area (Å²) < 4.78 is 5.45. The minimum Gasteiger partial charge on any atom is -0.468 e. The summed E-state index contributed by atoms with van der Waals surface area (Å²) >= 11 is 0. The van der Waals surface area contributed by atoms with Crippen molar-refractivity contribution >= 4 is 0 Å². The molecule has 2 heteroatoms. The Morgan fingerprint density at radius 2 is 1.63 bits per heavy atom. The minimum atomic E-state index is 0.213. The van der Waals surface area contributed by atoms with Crippen LogP contribution in [0.5, 0.6) is 0 Å². The first-order valence-corrected chi connectivity index (χ1v) is 6.86. The molecular weight excluding hydrogens is 234 g/mol. The van der Waals surface area contributed by atoms with Gasteiger partial charge >= 0.3 is 0 Å². The van der Waals surface area contributed by atoms with Crippen LogP contribution < -0.4 is 5.32 Å². The van der Waals surface area contributed by atoms with Crippen molar-refractivity contribution in [3.63, 3.8) is 0 Å². The molecule has 0 saturated carbocycles. The summed E-state index contributed by atoms with van der Waals surface area (Å²) in [4.78, 5) is 0. The molecule has 2 rings (SSSR count). The number of aryl methyl sites for hydroxylation is 3. The number of hydrogen-bond acceptors (Lipinski definition) is 2. The van der Waals surface area contributed by atoms with Crippen molar-refractivity contribution < 1.29 is 4.42 Å². The van der Waals surface area contributed by atoms with E-state index < -0.39 is 0 Å². The van der Waals surface area contributed by atoms with E-state index in [0.717, 1.165) is 5.76 Å². The predicted octanol–water partition coefficient (Wildman–Crippen LogP) is 4.62. The van der Waals surface area contributed by atoms with Gasteiger partial charge in [0.25, 0.3) is 0 Å². The molecule has 1 heterocycles. The van der Waals surface area contributed by atoms with Crippen LogP contribution in [-0.4, -0.2) is 0 Å². The summed E-state index contributed by atoms with van der Waals surface area (Å²) in [7, 11) is 0. The standard InChI is InChI=1S/C17H23NO/c1-11-9-12(2)17(13(3)10-11)15(5)18-14(4)16-7-6-8-19-16/h6-10,14-15,18H,1-5H3/t14-,15?/m0/s1. The molecule has 102 valence electrons. The molecule has 0 aliphatic heterocycles. The quantitative estimate of drug-likeness (QED) is 0.864. The normalized spacial score (nSPS) is 14.4. The van der Waals surface area contributed by atoms with E-state index in [9.17, 15) is 0 Å². The summed E-state index contributed by atoms with van der Waals surface area (Å²) in [6, 6.07) is 8.96. The van der Waals surface area contributed by atoms with E-state index in [-0.39, 0.29) is 6.04 Å². The number of rotatable bonds is 4. The molecule has 0 aliphatic rings. The van der Waals surface area contributed by atoms with Crippen LogP contribution in [0.25, 0.3) is 0 Å². The third kappa shape index (κ3) is 3.07. The van der Waals surface area contributed by atoms with Gasteiger partial charge in [0.15, 0.2) is 0 Å². The van der Waals surface area contributed by atoms with E-state index in [4.69, 9.17) is 4.42 Å². The van der Waals surface area contributed by atoms with Gasteiger partial charge in [-0.05, 0) is 63.4 Å². The van der Waals surface area contributed by atoms with Crippen molar-refractivity contribution in [1.29, 1.82) is 0 Å². The van der Waals surface area contributed by atoms with Crippen molar-refractivity contribution in [2.24, 2.45) is 0 Å². The van der Waals surface area contributed by atoms with Crippen molar-refractivity contribution in [2.75, 3.05) is 0 Å². The van der Waals surface area contributed by atoms with Crippen LogP contribution in [0.1, 0.15) is 53.9 Å². The fraction of sp³-hybridized carbons (Fsp3) is 0.412. The summed E-state index contributed by atoms with van der Waals surface area (Å²) in [6.45, 7) is 10.9. The molecule has 0 aliphatic carbocycles. The van der Waals surface area contributed by atoms with Crippen LogP contribution in [0, 0.1) is 20.8 Å². The van der Waals surface area contributed by atoms with Crippen molar-refractivity contribution in [2.45, 2.75) is 46.7 Å². The van der Waals surface area contributed by atoms with Gasteiger partial charge < -0.3 is 9.73 Å². The molecule has 0 saturated heterocycles. The van der Waals surface area contributed by atoms with Gasteiger partial charge in [0.2, 0.25) is 0 Å². The monoisotopic (exact) mass is 257 g/mol. The summed E-state index contributed by atoms with van der Waals surface area (Å²) in [5.41, 5.74) is 5.42. The fourth-order valence-corrected chi connectivity index (χ4v) is 2.95. The van der Waals surface area contributed by atoms with Gasteiger partial charge in [-0.3, -0.25) is 0 Å². The molecule has 0 spiro atoms. The highest BCUT2D eigenvalue weighted by molar-refractivity contribution is 5.39.